The number of methoxy groups -OCH3 is 1. The van der Waals surface area contributed by atoms with Gasteiger partial charge in [0.25, 0.3) is 0 Å². The summed E-state index contributed by atoms with van der Waals surface area (Å²) < 4.78 is 10.2. The van der Waals surface area contributed by atoms with Crippen LogP contribution in [0.2, 0.25) is 0 Å². The van der Waals surface area contributed by atoms with Crippen molar-refractivity contribution in [3.05, 3.63) is 0 Å². The topological polar surface area (TPSA) is 71.0 Å². The third-order valence-electron chi connectivity index (χ3n) is 2.50. The second kappa shape index (κ2) is 11.9. The molecular weight excluding hydrogens is 234 g/mol. The molecule has 0 aromatic heterocycles. The molecule has 0 saturated heterocycles. The molecule has 0 saturated carbocycles. The van der Waals surface area contributed by atoms with Crippen molar-refractivity contribution in [2.75, 3.05) is 40.0 Å². The van der Waals surface area contributed by atoms with E-state index in [2.05, 4.69) is 19.2 Å². The third kappa shape index (κ3) is 12.3. The van der Waals surface area contributed by atoms with Gasteiger partial charge in [-0.3, -0.25) is 0 Å². The normalized spacial score (nSPS) is 15.0. The zero-order chi connectivity index (χ0) is 13.8. The predicted molar refractivity (Wildman–Crippen MR) is 71.7 cm³/mol. The van der Waals surface area contributed by atoms with Crippen LogP contribution in [-0.2, 0) is 9.47 Å². The van der Waals surface area contributed by atoms with Crippen molar-refractivity contribution in [2.24, 2.45) is 5.92 Å². The fourth-order valence-corrected chi connectivity index (χ4v) is 1.54. The molecule has 0 spiro atoms. The van der Waals surface area contributed by atoms with Crippen LogP contribution in [0.5, 0.6) is 0 Å². The van der Waals surface area contributed by atoms with Gasteiger partial charge in [0.2, 0.25) is 0 Å². The van der Waals surface area contributed by atoms with Crippen molar-refractivity contribution in [1.82, 2.24) is 5.32 Å². The Morgan fingerprint density at radius 2 is 1.67 bits per heavy atom. The van der Waals surface area contributed by atoms with Crippen LogP contribution in [0, 0.1) is 5.92 Å². The molecule has 3 N–H and O–H groups in total. The lowest BCUT2D eigenvalue weighted by Gasteiger charge is -2.14. The quantitative estimate of drug-likeness (QED) is 0.445. The summed E-state index contributed by atoms with van der Waals surface area (Å²) >= 11 is 0. The van der Waals surface area contributed by atoms with E-state index in [0.29, 0.717) is 38.8 Å². The average Bonchev–Trinajstić information content (AvgIpc) is 2.28. The maximum absolute atomic E-state index is 9.60. The van der Waals surface area contributed by atoms with Crippen molar-refractivity contribution in [1.29, 1.82) is 0 Å². The monoisotopic (exact) mass is 263 g/mol. The maximum atomic E-state index is 9.60. The van der Waals surface area contributed by atoms with Gasteiger partial charge >= 0.3 is 0 Å². The maximum Gasteiger partial charge on any atom is 0.0897 e. The van der Waals surface area contributed by atoms with E-state index >= 15 is 0 Å². The van der Waals surface area contributed by atoms with Gasteiger partial charge in [0.1, 0.15) is 0 Å². The van der Waals surface area contributed by atoms with Crippen molar-refractivity contribution in [3.63, 3.8) is 0 Å². The molecule has 5 nitrogen and oxygen atoms in total. The molecule has 0 heterocycles. The molecule has 0 radical (unpaired) electrons. The fourth-order valence-electron chi connectivity index (χ4n) is 1.54. The van der Waals surface area contributed by atoms with Crippen LogP contribution in [-0.4, -0.2) is 62.4 Å². The first-order chi connectivity index (χ1) is 8.56. The highest BCUT2D eigenvalue weighted by molar-refractivity contribution is 4.62. The zero-order valence-electron chi connectivity index (χ0n) is 11.9. The van der Waals surface area contributed by atoms with E-state index < -0.39 is 12.2 Å². The van der Waals surface area contributed by atoms with Crippen molar-refractivity contribution in [3.8, 4) is 0 Å². The Morgan fingerprint density at radius 1 is 1.06 bits per heavy atom. The summed E-state index contributed by atoms with van der Waals surface area (Å²) in [6.07, 6.45) is 1.12. The van der Waals surface area contributed by atoms with Crippen LogP contribution in [0.25, 0.3) is 0 Å². The van der Waals surface area contributed by atoms with E-state index in [1.165, 1.54) is 0 Å². The van der Waals surface area contributed by atoms with Gasteiger partial charge in [-0.05, 0) is 18.8 Å². The molecule has 5 heteroatoms. The first-order valence-electron chi connectivity index (χ1n) is 6.69. The molecular formula is C13H29NO4. The minimum absolute atomic E-state index is 0.300. The van der Waals surface area contributed by atoms with Gasteiger partial charge in [-0.2, -0.15) is 0 Å². The molecule has 2 atom stereocenters. The highest BCUT2D eigenvalue weighted by atomic mass is 16.5. The molecule has 0 aromatic rings. The zero-order valence-corrected chi connectivity index (χ0v) is 11.9. The minimum atomic E-state index is -0.533. The molecule has 0 aliphatic rings. The first-order valence-corrected chi connectivity index (χ1v) is 6.69. The lowest BCUT2D eigenvalue weighted by Crippen LogP contribution is -2.36. The van der Waals surface area contributed by atoms with Gasteiger partial charge < -0.3 is 25.0 Å². The second-order valence-electron chi connectivity index (χ2n) is 5.03. The highest BCUT2D eigenvalue weighted by Gasteiger charge is 2.06. The Kier molecular flexibility index (Phi) is 11.7. The summed E-state index contributed by atoms with van der Waals surface area (Å²) in [5.41, 5.74) is 0. The van der Waals surface area contributed by atoms with Crippen molar-refractivity contribution in [2.45, 2.75) is 38.9 Å². The van der Waals surface area contributed by atoms with Crippen LogP contribution >= 0.6 is 0 Å². The Hall–Kier alpha value is -0.200. The fraction of sp³-hybridized carbons (Fsp3) is 1.00. The van der Waals surface area contributed by atoms with Gasteiger partial charge in [-0.1, -0.05) is 13.8 Å². The number of aliphatic hydroxyl groups excluding tert-OH is 2. The SMILES string of the molecule is COCC(O)CNCC(O)COCCCC(C)C. The molecule has 0 amide bonds. The number of nitrogens with one attached hydrogen (secondary N) is 1. The highest BCUT2D eigenvalue weighted by Crippen LogP contribution is 2.03. The molecule has 2 unspecified atom stereocenters. The summed E-state index contributed by atoms with van der Waals surface area (Å²) in [5.74, 6) is 0.697. The number of hydrogen-bond donors (Lipinski definition) is 3. The summed E-state index contributed by atoms with van der Waals surface area (Å²) in [6, 6.07) is 0. The smallest absolute Gasteiger partial charge is 0.0897 e. The van der Waals surface area contributed by atoms with Crippen molar-refractivity contribution < 1.29 is 19.7 Å². The van der Waals surface area contributed by atoms with E-state index in [0.717, 1.165) is 12.8 Å². The van der Waals surface area contributed by atoms with Gasteiger partial charge in [0.05, 0.1) is 25.4 Å². The lowest BCUT2D eigenvalue weighted by atomic mass is 10.1. The molecule has 0 rings (SSSR count). The Bertz CT molecular complexity index is 178. The third-order valence-corrected chi connectivity index (χ3v) is 2.50. The molecule has 0 bridgehead atoms. The largest absolute Gasteiger partial charge is 0.389 e. The number of hydrogen-bond acceptors (Lipinski definition) is 5. The van der Waals surface area contributed by atoms with Crippen LogP contribution in [0.3, 0.4) is 0 Å². The van der Waals surface area contributed by atoms with Crippen LogP contribution in [0.4, 0.5) is 0 Å². The molecule has 0 aliphatic carbocycles. The Morgan fingerprint density at radius 3 is 2.22 bits per heavy atom. The summed E-state index contributed by atoms with van der Waals surface area (Å²) in [4.78, 5) is 0. The Balaban J connectivity index is 3.29. The van der Waals surface area contributed by atoms with E-state index in [-0.39, 0.29) is 0 Å². The van der Waals surface area contributed by atoms with Gasteiger partial charge in [-0.15, -0.1) is 0 Å². The van der Waals surface area contributed by atoms with Crippen LogP contribution < -0.4 is 5.32 Å². The summed E-state index contributed by atoms with van der Waals surface area (Å²) in [5, 5.41) is 21.9. The van der Waals surface area contributed by atoms with Gasteiger partial charge in [-0.25, -0.2) is 0 Å². The summed E-state index contributed by atoms with van der Waals surface area (Å²) in [6.45, 7) is 6.54. The minimum Gasteiger partial charge on any atom is -0.389 e. The van der Waals surface area contributed by atoms with Crippen LogP contribution in [0.1, 0.15) is 26.7 Å². The number of rotatable bonds is 12. The van der Waals surface area contributed by atoms with Gasteiger partial charge in [0, 0.05) is 26.8 Å². The molecule has 18 heavy (non-hydrogen) atoms. The van der Waals surface area contributed by atoms with Crippen LogP contribution in [0.15, 0.2) is 0 Å². The van der Waals surface area contributed by atoms with Gasteiger partial charge in [0.15, 0.2) is 0 Å². The molecule has 0 fully saturated rings. The average molecular weight is 263 g/mol. The first kappa shape index (κ1) is 17.8. The second-order valence-corrected chi connectivity index (χ2v) is 5.03. The van der Waals surface area contributed by atoms with E-state index in [9.17, 15) is 10.2 Å². The van der Waals surface area contributed by atoms with E-state index in [1.807, 2.05) is 0 Å². The Labute approximate surface area is 110 Å². The van der Waals surface area contributed by atoms with E-state index in [1.54, 1.807) is 7.11 Å². The molecule has 0 aliphatic heterocycles. The lowest BCUT2D eigenvalue weighted by molar-refractivity contribution is 0.0292. The molecule has 110 valence electrons. The number of aliphatic hydroxyl groups is 2. The van der Waals surface area contributed by atoms with E-state index in [4.69, 9.17) is 9.47 Å². The number of ether oxygens (including phenoxy) is 2. The molecule has 0 aromatic carbocycles. The van der Waals surface area contributed by atoms with Crippen molar-refractivity contribution >= 4 is 0 Å². The predicted octanol–water partition coefficient (Wildman–Crippen LogP) is 0.397. The summed E-state index contributed by atoms with van der Waals surface area (Å²) in [7, 11) is 1.54. The standard InChI is InChI=1S/C13H29NO4/c1-11(2)5-4-6-18-10-13(16)8-14-7-12(15)9-17-3/h11-16H,4-10H2,1-3H3.